The maximum absolute atomic E-state index is 9.95. The lowest BCUT2D eigenvalue weighted by atomic mass is 9.90. The van der Waals surface area contributed by atoms with Crippen LogP contribution < -0.4 is 0 Å². The van der Waals surface area contributed by atoms with E-state index in [1.807, 2.05) is 0 Å². The number of aliphatic hydroxyl groups excluding tert-OH is 1. The molecule has 1 nitrogen and oxygen atoms in total. The van der Waals surface area contributed by atoms with Crippen molar-refractivity contribution >= 4 is 0 Å². The van der Waals surface area contributed by atoms with Crippen LogP contribution in [0.3, 0.4) is 0 Å². The summed E-state index contributed by atoms with van der Waals surface area (Å²) in [6, 6.07) is 0. The van der Waals surface area contributed by atoms with Crippen molar-refractivity contribution in [1.29, 1.82) is 0 Å². The summed E-state index contributed by atoms with van der Waals surface area (Å²) in [6.45, 7) is 0. The highest BCUT2D eigenvalue weighted by molar-refractivity contribution is 5.22. The number of hydrogen-bond acceptors (Lipinski definition) is 1. The summed E-state index contributed by atoms with van der Waals surface area (Å²) < 4.78 is 0. The molecule has 0 bridgehead atoms. The van der Waals surface area contributed by atoms with Gasteiger partial charge in [-0.2, -0.15) is 0 Å². The van der Waals surface area contributed by atoms with E-state index in [1.54, 1.807) is 0 Å². The molecule has 0 unspecified atom stereocenters. The Kier molecular flexibility index (Phi) is 1.27. The first-order chi connectivity index (χ1) is 5.79. The zero-order valence-electron chi connectivity index (χ0n) is 7.68. The molecule has 0 heterocycles. The molecule has 0 spiro atoms. The molecule has 0 amide bonds. The Hall–Kier alpha value is -0.0400. The monoisotopic (exact) mass is 166 g/mol. The molecule has 1 N–H and O–H groups in total. The van der Waals surface area contributed by atoms with Gasteiger partial charge >= 0.3 is 0 Å². The molecule has 0 radical (unpaired) electrons. The molecule has 0 aromatic heterocycles. The second-order valence-electron chi connectivity index (χ2n) is 5.23. The largest absolute Gasteiger partial charge is 0.393 e. The van der Waals surface area contributed by atoms with Crippen molar-refractivity contribution < 1.29 is 5.11 Å². The van der Waals surface area contributed by atoms with Gasteiger partial charge in [0.2, 0.25) is 0 Å². The van der Waals surface area contributed by atoms with Crippen LogP contribution in [0, 0.1) is 10.8 Å². The molecule has 0 aromatic rings. The van der Waals surface area contributed by atoms with E-state index in [9.17, 15) is 5.11 Å². The molecule has 0 saturated heterocycles. The average molecular weight is 166 g/mol. The minimum atomic E-state index is 0.0654. The zero-order valence-corrected chi connectivity index (χ0v) is 7.68. The third-order valence-electron chi connectivity index (χ3n) is 4.90. The molecular formula is C11H18O. The first kappa shape index (κ1) is 7.37. The first-order valence-corrected chi connectivity index (χ1v) is 5.47. The highest BCUT2D eigenvalue weighted by Gasteiger charge is 2.72. The molecule has 3 aliphatic rings. The summed E-state index contributed by atoms with van der Waals surface area (Å²) in [4.78, 5) is 0. The van der Waals surface area contributed by atoms with Crippen molar-refractivity contribution in [2.45, 2.75) is 57.5 Å². The van der Waals surface area contributed by atoms with Crippen molar-refractivity contribution in [2.75, 3.05) is 0 Å². The topological polar surface area (TPSA) is 20.2 Å². The standard InChI is InChI=1S/C11H18O/c12-9-4-7-10-5-2-1-3-6-11(9,10)8-10/h9,12H,1-8H2/t9-,10-,11-/m1/s1. The Balaban J connectivity index is 1.92. The Morgan fingerprint density at radius 1 is 1.00 bits per heavy atom. The molecule has 3 saturated carbocycles. The number of aliphatic hydroxyl groups is 1. The molecule has 0 aliphatic heterocycles. The van der Waals surface area contributed by atoms with E-state index in [-0.39, 0.29) is 6.10 Å². The first-order valence-electron chi connectivity index (χ1n) is 5.47. The second kappa shape index (κ2) is 2.06. The van der Waals surface area contributed by atoms with Gasteiger partial charge in [0.15, 0.2) is 0 Å². The van der Waals surface area contributed by atoms with E-state index in [0.717, 1.165) is 6.42 Å². The van der Waals surface area contributed by atoms with Crippen LogP contribution in [0.1, 0.15) is 51.4 Å². The highest BCUT2D eigenvalue weighted by atomic mass is 16.3. The lowest BCUT2D eigenvalue weighted by Gasteiger charge is -2.18. The molecule has 68 valence electrons. The summed E-state index contributed by atoms with van der Waals surface area (Å²) in [6.07, 6.45) is 10.8. The minimum absolute atomic E-state index is 0.0654. The predicted octanol–water partition coefficient (Wildman–Crippen LogP) is 2.48. The third kappa shape index (κ3) is 0.654. The van der Waals surface area contributed by atoms with Gasteiger partial charge < -0.3 is 5.11 Å². The number of hydrogen-bond donors (Lipinski definition) is 1. The molecule has 3 aliphatic carbocycles. The zero-order chi connectivity index (χ0) is 8.23. The summed E-state index contributed by atoms with van der Waals surface area (Å²) in [5, 5.41) is 9.95. The van der Waals surface area contributed by atoms with Gasteiger partial charge in [-0.1, -0.05) is 19.3 Å². The van der Waals surface area contributed by atoms with Gasteiger partial charge in [0.25, 0.3) is 0 Å². The van der Waals surface area contributed by atoms with Crippen molar-refractivity contribution in [3.05, 3.63) is 0 Å². The lowest BCUT2D eigenvalue weighted by Crippen LogP contribution is -2.19. The summed E-state index contributed by atoms with van der Waals surface area (Å²) in [5.74, 6) is 0. The van der Waals surface area contributed by atoms with E-state index in [0.29, 0.717) is 10.8 Å². The molecule has 3 atom stereocenters. The van der Waals surface area contributed by atoms with Crippen LogP contribution in [0.2, 0.25) is 0 Å². The van der Waals surface area contributed by atoms with Gasteiger partial charge in [-0.15, -0.1) is 0 Å². The second-order valence-corrected chi connectivity index (χ2v) is 5.23. The van der Waals surface area contributed by atoms with Crippen LogP contribution in [0.5, 0.6) is 0 Å². The van der Waals surface area contributed by atoms with Crippen LogP contribution >= 0.6 is 0 Å². The fourth-order valence-electron chi connectivity index (χ4n) is 4.12. The smallest absolute Gasteiger partial charge is 0.0602 e. The Morgan fingerprint density at radius 2 is 1.83 bits per heavy atom. The summed E-state index contributed by atoms with van der Waals surface area (Å²) in [7, 11) is 0. The maximum atomic E-state index is 9.95. The average Bonchev–Trinajstić information content (AvgIpc) is 2.64. The van der Waals surface area contributed by atoms with Crippen LogP contribution in [0.4, 0.5) is 0 Å². The molecule has 0 aromatic carbocycles. The molecule has 3 fully saturated rings. The Morgan fingerprint density at radius 3 is 2.75 bits per heavy atom. The quantitative estimate of drug-likeness (QED) is 0.586. The fraction of sp³-hybridized carbons (Fsp3) is 1.00. The molecule has 12 heavy (non-hydrogen) atoms. The Labute approximate surface area is 74.2 Å². The fourth-order valence-corrected chi connectivity index (χ4v) is 4.12. The SMILES string of the molecule is O[C@@H]1CC[C@@]23CCCCC[C@@]12C3. The van der Waals surface area contributed by atoms with Gasteiger partial charge in [-0.3, -0.25) is 0 Å². The van der Waals surface area contributed by atoms with E-state index < -0.39 is 0 Å². The van der Waals surface area contributed by atoms with Gasteiger partial charge in [-0.25, -0.2) is 0 Å². The van der Waals surface area contributed by atoms with Gasteiger partial charge in [0, 0.05) is 5.41 Å². The van der Waals surface area contributed by atoms with Gasteiger partial charge in [-0.05, 0) is 37.5 Å². The van der Waals surface area contributed by atoms with Crippen LogP contribution in [-0.4, -0.2) is 11.2 Å². The maximum Gasteiger partial charge on any atom is 0.0602 e. The van der Waals surface area contributed by atoms with Crippen molar-refractivity contribution in [1.82, 2.24) is 0 Å². The minimum Gasteiger partial charge on any atom is -0.393 e. The lowest BCUT2D eigenvalue weighted by molar-refractivity contribution is 0.0931. The summed E-state index contributed by atoms with van der Waals surface area (Å²) >= 11 is 0. The third-order valence-corrected chi connectivity index (χ3v) is 4.90. The molecule has 3 rings (SSSR count). The van der Waals surface area contributed by atoms with Crippen molar-refractivity contribution in [2.24, 2.45) is 10.8 Å². The summed E-state index contributed by atoms with van der Waals surface area (Å²) in [5.41, 5.74) is 1.08. The molecule has 1 heteroatoms. The highest BCUT2D eigenvalue weighted by Crippen LogP contribution is 2.78. The van der Waals surface area contributed by atoms with Gasteiger partial charge in [0.1, 0.15) is 0 Å². The normalized spacial score (nSPS) is 57.2. The van der Waals surface area contributed by atoms with Crippen LogP contribution in [-0.2, 0) is 0 Å². The molecular weight excluding hydrogens is 148 g/mol. The van der Waals surface area contributed by atoms with Crippen LogP contribution in [0.25, 0.3) is 0 Å². The predicted molar refractivity (Wildman–Crippen MR) is 47.8 cm³/mol. The van der Waals surface area contributed by atoms with E-state index >= 15 is 0 Å². The number of rotatable bonds is 0. The van der Waals surface area contributed by atoms with E-state index in [4.69, 9.17) is 0 Å². The van der Waals surface area contributed by atoms with Crippen molar-refractivity contribution in [3.8, 4) is 0 Å². The van der Waals surface area contributed by atoms with E-state index in [1.165, 1.54) is 44.9 Å². The van der Waals surface area contributed by atoms with Crippen molar-refractivity contribution in [3.63, 3.8) is 0 Å². The Bertz CT molecular complexity index is 209. The van der Waals surface area contributed by atoms with Gasteiger partial charge in [0.05, 0.1) is 6.10 Å². The van der Waals surface area contributed by atoms with Crippen LogP contribution in [0.15, 0.2) is 0 Å². The van der Waals surface area contributed by atoms with E-state index in [2.05, 4.69) is 0 Å².